The first-order chi connectivity index (χ1) is 12.2. The van der Waals surface area contributed by atoms with E-state index in [9.17, 15) is 9.59 Å². The molecule has 3 aromatic rings. The van der Waals surface area contributed by atoms with Gasteiger partial charge in [-0.05, 0) is 25.0 Å². The topological polar surface area (TPSA) is 94.8 Å². The first kappa shape index (κ1) is 15.6. The fourth-order valence-corrected chi connectivity index (χ4v) is 3.91. The molecule has 7 nitrogen and oxygen atoms in total. The van der Waals surface area contributed by atoms with Gasteiger partial charge >= 0.3 is 0 Å². The molecular weight excluding hydrogens is 338 g/mol. The molecule has 1 N–H and O–H groups in total. The molecule has 0 aromatic carbocycles. The normalized spacial score (nSPS) is 14.1. The number of aromatic amines is 1. The SMILES string of the molecule is N#Cc1cc2c(=O)n(Cc3csc(N4CCCC4)n3)ccc2[nH]c1=O. The van der Waals surface area contributed by atoms with Crippen molar-refractivity contribution in [2.75, 3.05) is 18.0 Å². The van der Waals surface area contributed by atoms with E-state index in [0.717, 1.165) is 23.9 Å². The Morgan fingerprint density at radius 2 is 2.12 bits per heavy atom. The van der Waals surface area contributed by atoms with E-state index in [2.05, 4.69) is 14.9 Å². The zero-order valence-electron chi connectivity index (χ0n) is 13.4. The Bertz CT molecular complexity index is 1100. The number of thiazole rings is 1. The minimum Gasteiger partial charge on any atom is -0.348 e. The highest BCUT2D eigenvalue weighted by atomic mass is 32.1. The third-order valence-corrected chi connectivity index (χ3v) is 5.30. The number of rotatable bonds is 3. The van der Waals surface area contributed by atoms with Crippen LogP contribution in [0.4, 0.5) is 5.13 Å². The molecule has 1 aliphatic heterocycles. The van der Waals surface area contributed by atoms with Crippen LogP contribution in [-0.4, -0.2) is 27.6 Å². The lowest BCUT2D eigenvalue weighted by Crippen LogP contribution is -2.23. The van der Waals surface area contributed by atoms with E-state index in [1.807, 2.05) is 11.4 Å². The van der Waals surface area contributed by atoms with Gasteiger partial charge in [0.25, 0.3) is 11.1 Å². The van der Waals surface area contributed by atoms with Crippen molar-refractivity contribution in [2.45, 2.75) is 19.4 Å². The molecule has 1 aliphatic rings. The van der Waals surface area contributed by atoms with E-state index in [4.69, 9.17) is 5.26 Å². The average Bonchev–Trinajstić information content (AvgIpc) is 3.28. The predicted octanol–water partition coefficient (Wildman–Crippen LogP) is 1.67. The van der Waals surface area contributed by atoms with Crippen LogP contribution in [0.25, 0.3) is 10.9 Å². The lowest BCUT2D eigenvalue weighted by molar-refractivity contribution is 0.749. The van der Waals surface area contributed by atoms with Crippen molar-refractivity contribution in [3.63, 3.8) is 0 Å². The number of pyridine rings is 2. The minimum atomic E-state index is -0.484. The first-order valence-electron chi connectivity index (χ1n) is 8.01. The molecule has 0 radical (unpaired) electrons. The van der Waals surface area contributed by atoms with Crippen LogP contribution in [0.3, 0.4) is 0 Å². The molecule has 0 saturated carbocycles. The van der Waals surface area contributed by atoms with Crippen LogP contribution >= 0.6 is 11.3 Å². The highest BCUT2D eigenvalue weighted by molar-refractivity contribution is 7.13. The maximum absolute atomic E-state index is 12.7. The third kappa shape index (κ3) is 2.83. The maximum atomic E-state index is 12.7. The number of hydrogen-bond acceptors (Lipinski definition) is 6. The van der Waals surface area contributed by atoms with Crippen molar-refractivity contribution >= 4 is 27.4 Å². The summed E-state index contributed by atoms with van der Waals surface area (Å²) in [5, 5.41) is 12.3. The number of nitriles is 1. The molecule has 4 rings (SSSR count). The summed E-state index contributed by atoms with van der Waals surface area (Å²) in [6.45, 7) is 2.43. The lowest BCUT2D eigenvalue weighted by Gasteiger charge is -2.12. The van der Waals surface area contributed by atoms with Gasteiger partial charge in [0.1, 0.15) is 11.6 Å². The Balaban J connectivity index is 1.69. The number of nitrogens with zero attached hydrogens (tertiary/aromatic N) is 4. The number of fused-ring (bicyclic) bond motifs is 1. The van der Waals surface area contributed by atoms with Crippen molar-refractivity contribution < 1.29 is 0 Å². The number of hydrogen-bond donors (Lipinski definition) is 1. The molecule has 1 fully saturated rings. The van der Waals surface area contributed by atoms with Crippen LogP contribution < -0.4 is 16.0 Å². The van der Waals surface area contributed by atoms with Gasteiger partial charge in [-0.1, -0.05) is 0 Å². The molecule has 126 valence electrons. The second-order valence-electron chi connectivity index (χ2n) is 6.02. The molecule has 1 saturated heterocycles. The standard InChI is InChI=1S/C17H15N5O2S/c18-8-11-7-13-14(20-15(11)23)3-6-22(16(13)24)9-12-10-25-17(19-12)21-4-1-2-5-21/h3,6-7,10H,1-2,4-5,9H2,(H,20,23). The highest BCUT2D eigenvalue weighted by Gasteiger charge is 2.16. The Morgan fingerprint density at radius 1 is 1.32 bits per heavy atom. The fraction of sp³-hybridized carbons (Fsp3) is 0.294. The molecule has 0 aliphatic carbocycles. The van der Waals surface area contributed by atoms with Crippen molar-refractivity contribution in [1.29, 1.82) is 5.26 Å². The second-order valence-corrected chi connectivity index (χ2v) is 6.85. The van der Waals surface area contributed by atoms with E-state index in [1.54, 1.807) is 28.2 Å². The Morgan fingerprint density at radius 3 is 2.88 bits per heavy atom. The molecule has 0 amide bonds. The number of aromatic nitrogens is 3. The largest absolute Gasteiger partial charge is 0.348 e. The van der Waals surface area contributed by atoms with Gasteiger partial charge in [-0.25, -0.2) is 4.98 Å². The molecule has 0 spiro atoms. The highest BCUT2D eigenvalue weighted by Crippen LogP contribution is 2.24. The molecule has 0 unspecified atom stereocenters. The number of anilines is 1. The minimum absolute atomic E-state index is 0.0627. The Labute approximate surface area is 146 Å². The van der Waals surface area contributed by atoms with Crippen LogP contribution in [0.5, 0.6) is 0 Å². The monoisotopic (exact) mass is 353 g/mol. The summed E-state index contributed by atoms with van der Waals surface area (Å²) in [5.41, 5.74) is 0.467. The van der Waals surface area contributed by atoms with Crippen molar-refractivity contribution in [3.8, 4) is 6.07 Å². The maximum Gasteiger partial charge on any atom is 0.266 e. The van der Waals surface area contributed by atoms with Gasteiger partial charge in [0.15, 0.2) is 5.13 Å². The van der Waals surface area contributed by atoms with Gasteiger partial charge in [-0.3, -0.25) is 9.59 Å². The van der Waals surface area contributed by atoms with Crippen LogP contribution in [0.2, 0.25) is 0 Å². The molecule has 25 heavy (non-hydrogen) atoms. The van der Waals surface area contributed by atoms with Gasteiger partial charge < -0.3 is 14.5 Å². The lowest BCUT2D eigenvalue weighted by atomic mass is 10.2. The first-order valence-corrected chi connectivity index (χ1v) is 8.89. The Kier molecular flexibility index (Phi) is 3.86. The number of H-pyrrole nitrogens is 1. The average molecular weight is 353 g/mol. The summed E-state index contributed by atoms with van der Waals surface area (Å²) in [5.74, 6) is 0. The van der Waals surface area contributed by atoms with Crippen molar-refractivity contribution in [1.82, 2.24) is 14.5 Å². The fourth-order valence-electron chi connectivity index (χ4n) is 3.04. The summed E-state index contributed by atoms with van der Waals surface area (Å²) in [6.07, 6.45) is 4.03. The summed E-state index contributed by atoms with van der Waals surface area (Å²) in [6, 6.07) is 4.83. The summed E-state index contributed by atoms with van der Waals surface area (Å²) in [4.78, 5) is 33.8. The summed E-state index contributed by atoms with van der Waals surface area (Å²) >= 11 is 1.59. The van der Waals surface area contributed by atoms with E-state index >= 15 is 0 Å². The van der Waals surface area contributed by atoms with E-state index in [1.165, 1.54) is 18.9 Å². The third-order valence-electron chi connectivity index (χ3n) is 4.35. The van der Waals surface area contributed by atoms with E-state index in [-0.39, 0.29) is 11.1 Å². The predicted molar refractivity (Wildman–Crippen MR) is 96.2 cm³/mol. The van der Waals surface area contributed by atoms with Crippen LogP contribution in [0.15, 0.2) is 33.3 Å². The summed E-state index contributed by atoms with van der Waals surface area (Å²) < 4.78 is 1.55. The van der Waals surface area contributed by atoms with Crippen LogP contribution in [0.1, 0.15) is 24.1 Å². The van der Waals surface area contributed by atoms with E-state index < -0.39 is 5.56 Å². The van der Waals surface area contributed by atoms with Crippen LogP contribution in [0, 0.1) is 11.3 Å². The van der Waals surface area contributed by atoms with Gasteiger partial charge in [0.05, 0.1) is 23.1 Å². The van der Waals surface area contributed by atoms with E-state index in [0.29, 0.717) is 17.4 Å². The smallest absolute Gasteiger partial charge is 0.266 e. The van der Waals surface area contributed by atoms with Gasteiger partial charge in [0, 0.05) is 24.7 Å². The molecular formula is C17H15N5O2S. The molecule has 0 atom stereocenters. The van der Waals surface area contributed by atoms with Crippen LogP contribution in [-0.2, 0) is 6.54 Å². The van der Waals surface area contributed by atoms with Crippen molar-refractivity contribution in [2.24, 2.45) is 0 Å². The quantitative estimate of drug-likeness (QED) is 0.773. The summed E-state index contributed by atoms with van der Waals surface area (Å²) in [7, 11) is 0. The molecule has 8 heteroatoms. The number of nitrogens with one attached hydrogen (secondary N) is 1. The van der Waals surface area contributed by atoms with Gasteiger partial charge in [0.2, 0.25) is 0 Å². The molecule has 3 aromatic heterocycles. The van der Waals surface area contributed by atoms with Gasteiger partial charge in [-0.2, -0.15) is 5.26 Å². The zero-order valence-corrected chi connectivity index (χ0v) is 14.2. The van der Waals surface area contributed by atoms with Gasteiger partial charge in [-0.15, -0.1) is 11.3 Å². The second kappa shape index (κ2) is 6.18. The molecule has 0 bridgehead atoms. The Hall–Kier alpha value is -2.92. The molecule has 4 heterocycles. The zero-order chi connectivity index (χ0) is 17.4. The van der Waals surface area contributed by atoms with Crippen molar-refractivity contribution in [3.05, 3.63) is 55.7 Å².